The molecule has 0 aliphatic carbocycles. The lowest BCUT2D eigenvalue weighted by molar-refractivity contribution is 0.0473. The molecular formula is C26H23NO6S. The Morgan fingerprint density at radius 2 is 1.71 bits per heavy atom. The van der Waals surface area contributed by atoms with Crippen molar-refractivity contribution in [3.8, 4) is 0 Å². The van der Waals surface area contributed by atoms with Crippen LogP contribution in [0.1, 0.15) is 27.0 Å². The van der Waals surface area contributed by atoms with Gasteiger partial charge in [0.2, 0.25) is 0 Å². The number of rotatable bonds is 6. The second-order valence-electron chi connectivity index (χ2n) is 7.89. The molecule has 34 heavy (non-hydrogen) atoms. The topological polar surface area (TPSA) is 93.9 Å². The molecule has 0 unspecified atom stereocenters. The van der Waals surface area contributed by atoms with Crippen LogP contribution in [-0.2, 0) is 21.4 Å². The predicted octanol–water partition coefficient (Wildman–Crippen LogP) is 4.59. The van der Waals surface area contributed by atoms with Crippen LogP contribution < -0.4 is 9.93 Å². The molecule has 0 aliphatic heterocycles. The van der Waals surface area contributed by atoms with Gasteiger partial charge in [0.25, 0.3) is 10.0 Å². The average Bonchev–Trinajstić information content (AvgIpc) is 2.85. The van der Waals surface area contributed by atoms with Crippen molar-refractivity contribution in [1.82, 2.24) is 0 Å². The van der Waals surface area contributed by atoms with Crippen LogP contribution in [0.15, 0.2) is 86.9 Å². The van der Waals surface area contributed by atoms with Gasteiger partial charge in [-0.25, -0.2) is 18.0 Å². The van der Waals surface area contributed by atoms with Gasteiger partial charge in [0, 0.05) is 24.1 Å². The van der Waals surface area contributed by atoms with Gasteiger partial charge in [0.1, 0.15) is 12.2 Å². The standard InChI is InChI=1S/C26H23NO6S/c1-17-12-13-23-20(15-24(28)33-25(23)18(17)2)16-32-26(29)19-8-7-11-22(14-19)34(30,31)27(3)21-9-5-4-6-10-21/h4-15H,16H2,1-3H3. The van der Waals surface area contributed by atoms with Crippen molar-refractivity contribution in [3.63, 3.8) is 0 Å². The Labute approximate surface area is 197 Å². The fourth-order valence-corrected chi connectivity index (χ4v) is 4.83. The van der Waals surface area contributed by atoms with Gasteiger partial charge in [-0.05, 0) is 55.3 Å². The Kier molecular flexibility index (Phi) is 6.26. The first kappa shape index (κ1) is 23.3. The highest BCUT2D eigenvalue weighted by Gasteiger charge is 2.23. The van der Waals surface area contributed by atoms with Crippen LogP contribution in [0.25, 0.3) is 11.0 Å². The lowest BCUT2D eigenvalue weighted by Gasteiger charge is -2.19. The number of sulfonamides is 1. The summed E-state index contributed by atoms with van der Waals surface area (Å²) in [7, 11) is -2.44. The lowest BCUT2D eigenvalue weighted by atomic mass is 10.0. The second kappa shape index (κ2) is 9.15. The molecule has 174 valence electrons. The van der Waals surface area contributed by atoms with Gasteiger partial charge >= 0.3 is 11.6 Å². The molecule has 0 N–H and O–H groups in total. The Balaban J connectivity index is 1.58. The quantitative estimate of drug-likeness (QED) is 0.298. The van der Waals surface area contributed by atoms with E-state index in [9.17, 15) is 18.0 Å². The van der Waals surface area contributed by atoms with E-state index in [1.54, 1.807) is 30.3 Å². The van der Waals surface area contributed by atoms with Gasteiger partial charge in [-0.15, -0.1) is 0 Å². The molecule has 1 heterocycles. The van der Waals surface area contributed by atoms with Crippen LogP contribution in [-0.4, -0.2) is 21.4 Å². The van der Waals surface area contributed by atoms with Crippen molar-refractivity contribution in [2.45, 2.75) is 25.3 Å². The highest BCUT2D eigenvalue weighted by atomic mass is 32.2. The van der Waals surface area contributed by atoms with Gasteiger partial charge in [-0.2, -0.15) is 0 Å². The monoisotopic (exact) mass is 477 g/mol. The minimum absolute atomic E-state index is 0.0368. The minimum atomic E-state index is -3.89. The maximum absolute atomic E-state index is 13.1. The number of aryl methyl sites for hydroxylation is 2. The molecule has 0 aliphatic rings. The van der Waals surface area contributed by atoms with Crippen LogP contribution in [0.5, 0.6) is 0 Å². The Morgan fingerprint density at radius 3 is 2.44 bits per heavy atom. The molecule has 0 spiro atoms. The van der Waals surface area contributed by atoms with E-state index in [-0.39, 0.29) is 17.1 Å². The molecule has 0 bridgehead atoms. The van der Waals surface area contributed by atoms with E-state index in [0.717, 1.165) is 15.4 Å². The second-order valence-corrected chi connectivity index (χ2v) is 9.86. The number of carbonyl (C=O) groups excluding carboxylic acids is 1. The highest BCUT2D eigenvalue weighted by molar-refractivity contribution is 7.92. The zero-order valence-corrected chi connectivity index (χ0v) is 19.8. The molecular weight excluding hydrogens is 454 g/mol. The van der Waals surface area contributed by atoms with Crippen LogP contribution in [0.4, 0.5) is 5.69 Å². The fraction of sp³-hybridized carbons (Fsp3) is 0.154. The SMILES string of the molecule is Cc1ccc2c(COC(=O)c3cccc(S(=O)(=O)N(C)c4ccccc4)c3)cc(=O)oc2c1C. The molecule has 7 nitrogen and oxygen atoms in total. The smallest absolute Gasteiger partial charge is 0.338 e. The molecule has 4 aromatic rings. The first-order chi connectivity index (χ1) is 16.2. The Hall–Kier alpha value is -3.91. The summed E-state index contributed by atoms with van der Waals surface area (Å²) in [5, 5.41) is 0.677. The van der Waals surface area contributed by atoms with Crippen molar-refractivity contribution < 1.29 is 22.4 Å². The number of para-hydroxylation sites is 1. The van der Waals surface area contributed by atoms with Crippen molar-refractivity contribution in [3.05, 3.63) is 105 Å². The molecule has 4 rings (SSSR count). The molecule has 0 atom stereocenters. The number of hydrogen-bond acceptors (Lipinski definition) is 6. The third-order valence-electron chi connectivity index (χ3n) is 5.72. The van der Waals surface area contributed by atoms with Crippen LogP contribution >= 0.6 is 0 Å². The fourth-order valence-electron chi connectivity index (χ4n) is 3.59. The first-order valence-electron chi connectivity index (χ1n) is 10.5. The number of fused-ring (bicyclic) bond motifs is 1. The summed E-state index contributed by atoms with van der Waals surface area (Å²) < 4.78 is 38.0. The van der Waals surface area contributed by atoms with Crippen molar-refractivity contribution in [2.75, 3.05) is 11.4 Å². The number of nitrogens with zero attached hydrogens (tertiary/aromatic N) is 1. The zero-order chi connectivity index (χ0) is 24.5. The summed E-state index contributed by atoms with van der Waals surface area (Å²) in [6.07, 6.45) is 0. The maximum atomic E-state index is 13.1. The van der Waals surface area contributed by atoms with Crippen LogP contribution in [0, 0.1) is 13.8 Å². The van der Waals surface area contributed by atoms with Gasteiger partial charge in [0.05, 0.1) is 16.1 Å². The molecule has 0 radical (unpaired) electrons. The molecule has 1 aromatic heterocycles. The zero-order valence-electron chi connectivity index (χ0n) is 18.9. The van der Waals surface area contributed by atoms with Gasteiger partial charge in [-0.3, -0.25) is 4.31 Å². The van der Waals surface area contributed by atoms with Crippen molar-refractivity contribution >= 4 is 32.6 Å². The highest BCUT2D eigenvalue weighted by Crippen LogP contribution is 2.25. The van der Waals surface area contributed by atoms with E-state index >= 15 is 0 Å². The number of esters is 1. The molecule has 0 saturated carbocycles. The summed E-state index contributed by atoms with van der Waals surface area (Å²) in [5.74, 6) is -0.704. The number of hydrogen-bond donors (Lipinski definition) is 0. The van der Waals surface area contributed by atoms with E-state index in [4.69, 9.17) is 9.15 Å². The summed E-state index contributed by atoms with van der Waals surface area (Å²) in [5.41, 5.74) is 2.82. The molecule has 0 saturated heterocycles. The first-order valence-corrected chi connectivity index (χ1v) is 12.0. The van der Waals surface area contributed by atoms with Crippen LogP contribution in [0.3, 0.4) is 0 Å². The number of anilines is 1. The molecule has 0 amide bonds. The van der Waals surface area contributed by atoms with Gasteiger partial charge < -0.3 is 9.15 Å². The molecule has 8 heteroatoms. The summed E-state index contributed by atoms with van der Waals surface area (Å²) in [6.45, 7) is 3.61. The summed E-state index contributed by atoms with van der Waals surface area (Å²) >= 11 is 0. The predicted molar refractivity (Wildman–Crippen MR) is 130 cm³/mol. The van der Waals surface area contributed by atoms with E-state index in [1.807, 2.05) is 26.0 Å². The van der Waals surface area contributed by atoms with Crippen molar-refractivity contribution in [1.29, 1.82) is 0 Å². The molecule has 0 fully saturated rings. The Bertz CT molecular complexity index is 1540. The maximum Gasteiger partial charge on any atom is 0.338 e. The number of benzene rings is 3. The lowest BCUT2D eigenvalue weighted by Crippen LogP contribution is -2.26. The minimum Gasteiger partial charge on any atom is -0.457 e. The average molecular weight is 478 g/mol. The van der Waals surface area contributed by atoms with E-state index in [2.05, 4.69) is 0 Å². The van der Waals surface area contributed by atoms with Crippen molar-refractivity contribution in [2.24, 2.45) is 0 Å². The normalized spacial score (nSPS) is 11.4. The summed E-state index contributed by atoms with van der Waals surface area (Å²) in [4.78, 5) is 24.7. The number of ether oxygens (including phenoxy) is 1. The third kappa shape index (κ3) is 4.45. The van der Waals surface area contributed by atoms with E-state index in [1.165, 1.54) is 37.4 Å². The summed E-state index contributed by atoms with van der Waals surface area (Å²) in [6, 6.07) is 19.3. The largest absolute Gasteiger partial charge is 0.457 e. The van der Waals surface area contributed by atoms with Crippen LogP contribution in [0.2, 0.25) is 0 Å². The molecule has 3 aromatic carbocycles. The third-order valence-corrected chi connectivity index (χ3v) is 7.51. The van der Waals surface area contributed by atoms with Gasteiger partial charge in [-0.1, -0.05) is 36.4 Å². The van der Waals surface area contributed by atoms with Gasteiger partial charge in [0.15, 0.2) is 0 Å². The van der Waals surface area contributed by atoms with E-state index in [0.29, 0.717) is 22.2 Å². The van der Waals surface area contributed by atoms with E-state index < -0.39 is 21.6 Å². The number of carbonyl (C=O) groups is 1. The Morgan fingerprint density at radius 1 is 0.971 bits per heavy atom.